The molecule has 0 spiro atoms. The largest absolute Gasteiger partial charge is 0.352 e. The summed E-state index contributed by atoms with van der Waals surface area (Å²) < 4.78 is 0. The van der Waals surface area contributed by atoms with Gasteiger partial charge in [0.25, 0.3) is 0 Å². The summed E-state index contributed by atoms with van der Waals surface area (Å²) in [5.74, 6) is -0.208. The third-order valence-electron chi connectivity index (χ3n) is 5.18. The summed E-state index contributed by atoms with van der Waals surface area (Å²) in [6.45, 7) is 2.76. The van der Waals surface area contributed by atoms with Crippen molar-refractivity contribution in [1.82, 2.24) is 10.3 Å². The molecular formula is C22H23N3O2. The normalized spacial score (nSPS) is 16.8. The molecule has 1 aliphatic heterocycles. The highest BCUT2D eigenvalue weighted by Gasteiger charge is 2.29. The van der Waals surface area contributed by atoms with Crippen LogP contribution in [0.1, 0.15) is 35.0 Å². The first-order valence-corrected chi connectivity index (χ1v) is 9.41. The Morgan fingerprint density at radius 3 is 2.70 bits per heavy atom. The number of anilines is 1. The van der Waals surface area contributed by atoms with Gasteiger partial charge in [0.05, 0.1) is 11.7 Å². The zero-order chi connectivity index (χ0) is 18.8. The van der Waals surface area contributed by atoms with Crippen LogP contribution in [0, 0.1) is 0 Å². The second-order valence-corrected chi connectivity index (χ2v) is 6.95. The Labute approximate surface area is 158 Å². The second kappa shape index (κ2) is 7.37. The van der Waals surface area contributed by atoms with E-state index >= 15 is 0 Å². The zero-order valence-corrected chi connectivity index (χ0v) is 15.3. The third-order valence-corrected chi connectivity index (χ3v) is 5.18. The molecule has 5 heteroatoms. The van der Waals surface area contributed by atoms with Crippen LogP contribution < -0.4 is 10.6 Å². The van der Waals surface area contributed by atoms with Crippen molar-refractivity contribution in [1.29, 1.82) is 0 Å². The lowest BCUT2D eigenvalue weighted by atomic mass is 10.0. The van der Waals surface area contributed by atoms with Gasteiger partial charge in [0, 0.05) is 23.0 Å². The Balaban J connectivity index is 1.50. The van der Waals surface area contributed by atoms with E-state index in [4.69, 9.17) is 0 Å². The Morgan fingerprint density at radius 1 is 1.15 bits per heavy atom. The van der Waals surface area contributed by atoms with Crippen molar-refractivity contribution in [3.05, 3.63) is 65.4 Å². The van der Waals surface area contributed by atoms with E-state index in [-0.39, 0.29) is 18.1 Å². The zero-order valence-electron chi connectivity index (χ0n) is 15.3. The van der Waals surface area contributed by atoms with Gasteiger partial charge >= 0.3 is 0 Å². The first kappa shape index (κ1) is 17.5. The van der Waals surface area contributed by atoms with Crippen LogP contribution >= 0.6 is 0 Å². The molecule has 1 amide bonds. The molecule has 0 unspecified atom stereocenters. The number of H-pyrrole nitrogens is 1. The maximum Gasteiger partial charge on any atom is 0.226 e. The highest BCUT2D eigenvalue weighted by Crippen LogP contribution is 2.26. The molecule has 2 aromatic carbocycles. The molecule has 0 saturated carbocycles. The van der Waals surface area contributed by atoms with Gasteiger partial charge in [0.2, 0.25) is 5.91 Å². The number of Topliss-reactive ketones (excluding diaryl/α,β-unsaturated/α-hetero) is 1. The molecule has 1 aliphatic rings. The van der Waals surface area contributed by atoms with Crippen LogP contribution in [-0.4, -0.2) is 29.3 Å². The molecule has 3 aromatic rings. The van der Waals surface area contributed by atoms with E-state index in [0.29, 0.717) is 12.2 Å². The molecule has 0 bridgehead atoms. The summed E-state index contributed by atoms with van der Waals surface area (Å²) in [7, 11) is 0. The molecular weight excluding hydrogens is 338 g/mol. The van der Waals surface area contributed by atoms with Crippen molar-refractivity contribution in [3.8, 4) is 0 Å². The molecule has 138 valence electrons. The summed E-state index contributed by atoms with van der Waals surface area (Å²) in [5.41, 5.74) is 4.62. The number of aryl methyl sites for hydroxylation is 1. The fourth-order valence-corrected chi connectivity index (χ4v) is 3.69. The molecule has 1 atom stereocenters. The number of carbonyl (C=O) groups is 2. The van der Waals surface area contributed by atoms with Crippen LogP contribution in [0.2, 0.25) is 0 Å². The Hall–Kier alpha value is -2.92. The maximum atomic E-state index is 13.0. The van der Waals surface area contributed by atoms with Gasteiger partial charge in [-0.05, 0) is 48.7 Å². The van der Waals surface area contributed by atoms with Crippen molar-refractivity contribution in [2.24, 2.45) is 0 Å². The van der Waals surface area contributed by atoms with E-state index in [1.807, 2.05) is 48.5 Å². The number of ketones is 1. The van der Waals surface area contributed by atoms with E-state index < -0.39 is 6.04 Å². The van der Waals surface area contributed by atoms with Gasteiger partial charge in [-0.15, -0.1) is 0 Å². The van der Waals surface area contributed by atoms with Crippen LogP contribution in [0.4, 0.5) is 5.69 Å². The van der Waals surface area contributed by atoms with E-state index in [2.05, 4.69) is 22.5 Å². The highest BCUT2D eigenvalue weighted by atomic mass is 16.2. The number of rotatable bonds is 4. The molecule has 5 nitrogen and oxygen atoms in total. The first-order chi connectivity index (χ1) is 13.2. The molecule has 27 heavy (non-hydrogen) atoms. The lowest BCUT2D eigenvalue weighted by molar-refractivity contribution is -0.116. The Morgan fingerprint density at radius 2 is 1.93 bits per heavy atom. The quantitative estimate of drug-likeness (QED) is 0.666. The monoisotopic (exact) mass is 361 g/mol. The maximum absolute atomic E-state index is 13.0. The molecule has 0 saturated heterocycles. The van der Waals surface area contributed by atoms with Crippen LogP contribution in [0.25, 0.3) is 10.9 Å². The number of para-hydroxylation sites is 1. The summed E-state index contributed by atoms with van der Waals surface area (Å²) >= 11 is 0. The minimum Gasteiger partial charge on any atom is -0.352 e. The Bertz CT molecular complexity index is 988. The summed E-state index contributed by atoms with van der Waals surface area (Å²) in [5, 5.41) is 7.21. The lowest BCUT2D eigenvalue weighted by Gasteiger charge is -2.14. The van der Waals surface area contributed by atoms with Crippen LogP contribution in [0.5, 0.6) is 0 Å². The molecule has 2 heterocycles. The van der Waals surface area contributed by atoms with E-state index in [9.17, 15) is 9.59 Å². The number of fused-ring (bicyclic) bond motifs is 3. The first-order valence-electron chi connectivity index (χ1n) is 9.41. The van der Waals surface area contributed by atoms with Gasteiger partial charge in [0.1, 0.15) is 0 Å². The van der Waals surface area contributed by atoms with Gasteiger partial charge < -0.3 is 15.6 Å². The van der Waals surface area contributed by atoms with Crippen molar-refractivity contribution >= 4 is 28.3 Å². The number of hydrogen-bond acceptors (Lipinski definition) is 3. The molecule has 0 radical (unpaired) electrons. The fraction of sp³-hybridized carbons (Fsp3) is 0.273. The second-order valence-electron chi connectivity index (χ2n) is 6.95. The number of hydrogen-bond donors (Lipinski definition) is 3. The van der Waals surface area contributed by atoms with E-state index in [1.54, 1.807) is 0 Å². The summed E-state index contributed by atoms with van der Waals surface area (Å²) in [6, 6.07) is 15.2. The fourth-order valence-electron chi connectivity index (χ4n) is 3.69. The van der Waals surface area contributed by atoms with Crippen molar-refractivity contribution in [3.63, 3.8) is 0 Å². The molecule has 3 N–H and O–H groups in total. The molecule has 4 rings (SSSR count). The van der Waals surface area contributed by atoms with Crippen LogP contribution in [0.15, 0.2) is 48.5 Å². The smallest absolute Gasteiger partial charge is 0.226 e. The minimum absolute atomic E-state index is 0.0461. The molecule has 1 aromatic heterocycles. The molecule has 0 fully saturated rings. The number of aromatic amines is 1. The average Bonchev–Trinajstić information content (AvgIpc) is 2.99. The number of amides is 1. The lowest BCUT2D eigenvalue weighted by Crippen LogP contribution is -2.39. The predicted molar refractivity (Wildman–Crippen MR) is 107 cm³/mol. The predicted octanol–water partition coefficient (Wildman–Crippen LogP) is 3.46. The highest BCUT2D eigenvalue weighted by molar-refractivity contribution is 6.07. The summed E-state index contributed by atoms with van der Waals surface area (Å²) in [6.07, 6.45) is 1.84. The van der Waals surface area contributed by atoms with Gasteiger partial charge in [-0.2, -0.15) is 0 Å². The van der Waals surface area contributed by atoms with Crippen molar-refractivity contribution in [2.45, 2.75) is 32.2 Å². The summed E-state index contributed by atoms with van der Waals surface area (Å²) in [4.78, 5) is 28.7. The Kier molecular flexibility index (Phi) is 4.77. The number of carbonyl (C=O) groups excluding carboxylic acids is 2. The van der Waals surface area contributed by atoms with E-state index in [0.717, 1.165) is 35.0 Å². The topological polar surface area (TPSA) is 74.0 Å². The van der Waals surface area contributed by atoms with Gasteiger partial charge in [-0.1, -0.05) is 37.3 Å². The standard InChI is InChI=1S/C22H23N3O2/c1-2-14-7-9-15(10-8-14)24-20(26)13-19-22(27)21-17(11-12-23-19)16-5-3-4-6-18(16)25-21/h3-10,19,23,25H,2,11-13H2,1H3,(H,24,26)/t19-/m0/s1. The van der Waals surface area contributed by atoms with Crippen LogP contribution in [0.3, 0.4) is 0 Å². The van der Waals surface area contributed by atoms with Gasteiger partial charge in [0.15, 0.2) is 5.78 Å². The van der Waals surface area contributed by atoms with Gasteiger partial charge in [-0.3, -0.25) is 9.59 Å². The third kappa shape index (κ3) is 3.51. The number of aromatic nitrogens is 1. The number of benzene rings is 2. The average molecular weight is 361 g/mol. The number of nitrogens with one attached hydrogen (secondary N) is 3. The van der Waals surface area contributed by atoms with Gasteiger partial charge in [-0.25, -0.2) is 0 Å². The minimum atomic E-state index is -0.519. The van der Waals surface area contributed by atoms with Crippen molar-refractivity contribution < 1.29 is 9.59 Å². The molecule has 0 aliphatic carbocycles. The van der Waals surface area contributed by atoms with Crippen LogP contribution in [-0.2, 0) is 17.6 Å². The van der Waals surface area contributed by atoms with E-state index in [1.165, 1.54) is 5.56 Å². The van der Waals surface area contributed by atoms with Crippen molar-refractivity contribution in [2.75, 3.05) is 11.9 Å². The SMILES string of the molecule is CCc1ccc(NC(=O)C[C@@H]2NCCc3c([nH]c4ccccc34)C2=O)cc1.